The maximum atomic E-state index is 13.5. The second-order valence-electron chi connectivity index (χ2n) is 8.31. The van der Waals surface area contributed by atoms with Gasteiger partial charge in [0.05, 0.1) is 13.2 Å². The average Bonchev–Trinajstić information content (AvgIpc) is 3.02. The first-order valence-corrected chi connectivity index (χ1v) is 13.9. The third-order valence-electron chi connectivity index (χ3n) is 4.90. The fraction of sp³-hybridized carbons (Fsp3) is 0.875. The number of carbonyl (C=O) groups excluding carboxylic acids is 2. The van der Waals surface area contributed by atoms with Crippen molar-refractivity contribution in [1.82, 2.24) is 10.2 Å². The summed E-state index contributed by atoms with van der Waals surface area (Å²) in [7, 11) is -10.4. The number of carbonyl (C=O) groups is 2. The van der Waals surface area contributed by atoms with E-state index in [1.807, 2.05) is 0 Å². The summed E-state index contributed by atoms with van der Waals surface area (Å²) in [6, 6.07) is 0. The molecule has 206 valence electrons. The highest BCUT2D eigenvalue weighted by molar-refractivity contribution is 7.80. The molecule has 8 N–H and O–H groups in total. The highest BCUT2D eigenvalue weighted by Gasteiger charge is 2.51. The Balaban J connectivity index is 3.34. The normalized spacial score (nSPS) is 24.3. The van der Waals surface area contributed by atoms with Gasteiger partial charge in [0.1, 0.15) is 18.3 Å². The molecule has 1 saturated heterocycles. The van der Waals surface area contributed by atoms with Gasteiger partial charge < -0.3 is 49.8 Å². The number of aliphatic hydroxyl groups excluding tert-OH is 3. The van der Waals surface area contributed by atoms with E-state index >= 15 is 0 Å². The Morgan fingerprint density at radius 3 is 2.20 bits per heavy atom. The van der Waals surface area contributed by atoms with Crippen molar-refractivity contribution in [2.75, 3.05) is 32.1 Å². The Morgan fingerprint density at radius 1 is 1.14 bits per heavy atom. The molecule has 0 saturated carbocycles. The Labute approximate surface area is 206 Å². The molecular weight excluding hydrogens is 538 g/mol. The molecule has 1 fully saturated rings. The average molecular weight is 570 g/mol. The van der Waals surface area contributed by atoms with Gasteiger partial charge in [-0.25, -0.2) is 9.13 Å². The van der Waals surface area contributed by atoms with E-state index in [1.165, 1.54) is 0 Å². The first-order valence-electron chi connectivity index (χ1n) is 10.2. The molecule has 1 aliphatic rings. The fourth-order valence-electron chi connectivity index (χ4n) is 3.14. The Kier molecular flexibility index (Phi) is 12.2. The van der Waals surface area contributed by atoms with Gasteiger partial charge in [0.25, 0.3) is 5.91 Å². The summed E-state index contributed by atoms with van der Waals surface area (Å²) < 4.78 is 37.1. The van der Waals surface area contributed by atoms with E-state index in [4.69, 9.17) is 14.5 Å². The molecule has 0 aromatic carbocycles. The third kappa shape index (κ3) is 10.3. The molecule has 0 bridgehead atoms. The number of nitrogens with zero attached hydrogens (tertiary/aromatic N) is 1. The van der Waals surface area contributed by atoms with Crippen LogP contribution in [0, 0.1) is 5.41 Å². The van der Waals surface area contributed by atoms with Crippen molar-refractivity contribution in [2.45, 2.75) is 50.9 Å². The van der Waals surface area contributed by atoms with Crippen LogP contribution < -0.4 is 5.32 Å². The van der Waals surface area contributed by atoms with Gasteiger partial charge >= 0.3 is 15.6 Å². The van der Waals surface area contributed by atoms with Crippen LogP contribution >= 0.6 is 28.3 Å². The van der Waals surface area contributed by atoms with Crippen molar-refractivity contribution in [2.24, 2.45) is 5.41 Å². The van der Waals surface area contributed by atoms with E-state index in [2.05, 4.69) is 27.0 Å². The Morgan fingerprint density at radius 2 is 1.74 bits per heavy atom. The molecule has 0 spiro atoms. The lowest BCUT2D eigenvalue weighted by Gasteiger charge is -2.38. The molecule has 2 amide bonds. The maximum absolute atomic E-state index is 13.5. The summed E-state index contributed by atoms with van der Waals surface area (Å²) in [6.07, 6.45) is -8.94. The van der Waals surface area contributed by atoms with Crippen LogP contribution in [0.15, 0.2) is 0 Å². The van der Waals surface area contributed by atoms with E-state index in [0.29, 0.717) is 10.7 Å². The molecule has 0 aromatic heterocycles. The largest absolute Gasteiger partial charge is 0.470 e. The van der Waals surface area contributed by atoms with Crippen molar-refractivity contribution in [3.63, 3.8) is 0 Å². The molecule has 5 atom stereocenters. The fourth-order valence-corrected chi connectivity index (χ4v) is 4.41. The highest BCUT2D eigenvalue weighted by Crippen LogP contribution is 2.45. The smallest absolute Gasteiger partial charge is 0.394 e. The van der Waals surface area contributed by atoms with Crippen molar-refractivity contribution in [3.05, 3.63) is 0 Å². The zero-order valence-electron chi connectivity index (χ0n) is 18.9. The molecule has 19 heteroatoms. The molecule has 16 nitrogen and oxygen atoms in total. The summed E-state index contributed by atoms with van der Waals surface area (Å²) in [6.45, 7) is 0.370. The van der Waals surface area contributed by atoms with Gasteiger partial charge in [0.15, 0.2) is 12.3 Å². The van der Waals surface area contributed by atoms with Crippen molar-refractivity contribution in [3.8, 4) is 0 Å². The van der Waals surface area contributed by atoms with Gasteiger partial charge in [-0.3, -0.25) is 18.6 Å². The first-order chi connectivity index (χ1) is 15.9. The minimum atomic E-state index is -5.38. The van der Waals surface area contributed by atoms with E-state index < -0.39 is 83.3 Å². The molecule has 35 heavy (non-hydrogen) atoms. The lowest BCUT2D eigenvalue weighted by Crippen LogP contribution is -2.55. The molecule has 0 aliphatic carbocycles. The molecular formula is C16H32N2O14P2S. The van der Waals surface area contributed by atoms with Crippen LogP contribution in [0.2, 0.25) is 0 Å². The molecule has 1 rings (SSSR count). The summed E-state index contributed by atoms with van der Waals surface area (Å²) in [5.74, 6) is -1.50. The lowest BCUT2D eigenvalue weighted by atomic mass is 9.86. The second kappa shape index (κ2) is 13.2. The first kappa shape index (κ1) is 32.4. The predicted molar refractivity (Wildman–Crippen MR) is 120 cm³/mol. The number of hydrogen-bond donors (Lipinski definition) is 9. The number of phosphoric acid groups is 2. The van der Waals surface area contributed by atoms with Crippen LogP contribution in [0.4, 0.5) is 0 Å². The zero-order chi connectivity index (χ0) is 27.2. The van der Waals surface area contributed by atoms with Crippen molar-refractivity contribution >= 4 is 40.1 Å². The SMILES string of the molecule is CC(C)(COP(=O)(O)O)[C@@H](OP(=O)(O)O)C(=O)N(CCC(=O)NCCS)C1O[C@H](CO)[C@@H](O)[C@H]1O. The van der Waals surface area contributed by atoms with Crippen LogP contribution in [0.1, 0.15) is 20.3 Å². The van der Waals surface area contributed by atoms with Crippen LogP contribution in [0.5, 0.6) is 0 Å². The third-order valence-corrected chi connectivity index (χ3v) is 6.08. The van der Waals surface area contributed by atoms with Crippen LogP contribution in [0.25, 0.3) is 0 Å². The van der Waals surface area contributed by atoms with Crippen LogP contribution in [0.3, 0.4) is 0 Å². The lowest BCUT2D eigenvalue weighted by molar-refractivity contribution is -0.167. The molecule has 1 unspecified atom stereocenters. The van der Waals surface area contributed by atoms with Crippen LogP contribution in [-0.4, -0.2) is 114 Å². The number of hydrogen-bond acceptors (Lipinski definition) is 11. The van der Waals surface area contributed by atoms with E-state index in [9.17, 15) is 43.8 Å². The number of nitrogens with one attached hydrogen (secondary N) is 1. The van der Waals surface area contributed by atoms with Gasteiger partial charge in [-0.15, -0.1) is 0 Å². The summed E-state index contributed by atoms with van der Waals surface area (Å²) in [4.78, 5) is 63.0. The predicted octanol–water partition coefficient (Wildman–Crippen LogP) is -2.70. The summed E-state index contributed by atoms with van der Waals surface area (Å²) >= 11 is 3.95. The monoisotopic (exact) mass is 570 g/mol. The van der Waals surface area contributed by atoms with Gasteiger partial charge in [-0.1, -0.05) is 13.8 Å². The minimum absolute atomic E-state index is 0.195. The number of aliphatic hydroxyl groups is 3. The van der Waals surface area contributed by atoms with E-state index in [1.54, 1.807) is 0 Å². The number of thiol groups is 1. The second-order valence-corrected chi connectivity index (χ2v) is 11.2. The topological polar surface area (TPSA) is 253 Å². The van der Waals surface area contributed by atoms with Crippen molar-refractivity contribution < 1.29 is 67.4 Å². The van der Waals surface area contributed by atoms with Crippen LogP contribution in [-0.2, 0) is 32.5 Å². The molecule has 1 heterocycles. The van der Waals surface area contributed by atoms with Gasteiger partial charge in [-0.2, -0.15) is 12.6 Å². The Hall–Kier alpha value is -0.650. The van der Waals surface area contributed by atoms with E-state index in [-0.39, 0.29) is 13.0 Å². The maximum Gasteiger partial charge on any atom is 0.470 e. The molecule has 0 radical (unpaired) electrons. The molecule has 1 aliphatic heterocycles. The standard InChI is InChI=1S/C16H32N2O14P2S/c1-16(2,8-30-33(24,25)26)13(32-34(27,28)29)14(23)18(5-3-10(20)17-4-6-35)15-12(22)11(21)9(7-19)31-15/h9,11-13,15,19,21-22,35H,3-8H2,1-2H3,(H,17,20)(H2,24,25,26)(H2,27,28,29)/t9-,11-,12-,13+,15?/m1/s1. The molecule has 0 aromatic rings. The highest BCUT2D eigenvalue weighted by atomic mass is 32.1. The number of rotatable bonds is 14. The van der Waals surface area contributed by atoms with Gasteiger partial charge in [-0.05, 0) is 0 Å². The zero-order valence-corrected chi connectivity index (χ0v) is 21.6. The summed E-state index contributed by atoms with van der Waals surface area (Å²) in [5, 5.41) is 32.3. The number of phosphoric ester groups is 2. The van der Waals surface area contributed by atoms with Gasteiger partial charge in [0, 0.05) is 30.7 Å². The summed E-state index contributed by atoms with van der Waals surface area (Å²) in [5.41, 5.74) is -1.79. The Bertz CT molecular complexity index is 820. The number of amides is 2. The van der Waals surface area contributed by atoms with E-state index in [0.717, 1.165) is 13.8 Å². The quantitative estimate of drug-likeness (QED) is 0.0761. The minimum Gasteiger partial charge on any atom is -0.394 e. The van der Waals surface area contributed by atoms with Crippen molar-refractivity contribution in [1.29, 1.82) is 0 Å². The van der Waals surface area contributed by atoms with Gasteiger partial charge in [0.2, 0.25) is 5.91 Å². The number of ether oxygens (including phenoxy) is 1.